The molecule has 1 fully saturated rings. The molecule has 33 heavy (non-hydrogen) atoms. The fraction of sp³-hybridized carbons (Fsp3) is 0.233. The SMILES string of the molecule is C/C=C/C=C/C[C@H]1C[C@@H](COC(c2ccccc2)(c2ccccc2)c2ccccc2)OC1=O. The molecule has 0 amide bonds. The molecule has 0 aromatic heterocycles. The molecule has 1 aliphatic heterocycles. The van der Waals surface area contributed by atoms with Gasteiger partial charge in [0, 0.05) is 6.42 Å². The highest BCUT2D eigenvalue weighted by Gasteiger charge is 2.40. The molecule has 0 saturated carbocycles. The van der Waals surface area contributed by atoms with E-state index in [-0.39, 0.29) is 18.0 Å². The summed E-state index contributed by atoms with van der Waals surface area (Å²) in [6, 6.07) is 30.8. The quantitative estimate of drug-likeness (QED) is 0.219. The number of carbonyl (C=O) groups is 1. The molecule has 1 heterocycles. The number of cyclic esters (lactones) is 1. The predicted octanol–water partition coefficient (Wildman–Crippen LogP) is 6.45. The highest BCUT2D eigenvalue weighted by atomic mass is 16.6. The van der Waals surface area contributed by atoms with E-state index in [2.05, 4.69) is 36.4 Å². The van der Waals surface area contributed by atoms with Crippen molar-refractivity contribution in [1.29, 1.82) is 0 Å². The Bertz CT molecular complexity index is 975. The molecule has 0 aliphatic carbocycles. The Morgan fingerprint density at radius 3 is 1.85 bits per heavy atom. The van der Waals surface area contributed by atoms with Crippen molar-refractivity contribution < 1.29 is 14.3 Å². The first kappa shape index (κ1) is 22.8. The monoisotopic (exact) mass is 438 g/mol. The summed E-state index contributed by atoms with van der Waals surface area (Å²) in [5.41, 5.74) is 2.31. The maximum absolute atomic E-state index is 12.5. The Morgan fingerprint density at radius 1 is 0.848 bits per heavy atom. The Hall–Kier alpha value is -3.43. The first-order chi connectivity index (χ1) is 16.2. The maximum atomic E-state index is 12.5. The van der Waals surface area contributed by atoms with E-state index >= 15 is 0 Å². The third-order valence-corrected chi connectivity index (χ3v) is 6.05. The third kappa shape index (κ3) is 5.15. The second-order valence-corrected chi connectivity index (χ2v) is 8.27. The molecular weight excluding hydrogens is 408 g/mol. The third-order valence-electron chi connectivity index (χ3n) is 6.05. The normalized spacial score (nSPS) is 18.8. The van der Waals surface area contributed by atoms with Gasteiger partial charge < -0.3 is 9.47 Å². The molecule has 3 aromatic carbocycles. The largest absolute Gasteiger partial charge is 0.460 e. The molecule has 0 N–H and O–H groups in total. The van der Waals surface area contributed by atoms with Crippen LogP contribution >= 0.6 is 0 Å². The second kappa shape index (κ2) is 10.9. The van der Waals surface area contributed by atoms with Gasteiger partial charge in [-0.2, -0.15) is 0 Å². The van der Waals surface area contributed by atoms with Crippen molar-refractivity contribution in [3.63, 3.8) is 0 Å². The van der Waals surface area contributed by atoms with Gasteiger partial charge in [0.1, 0.15) is 11.7 Å². The summed E-state index contributed by atoms with van der Waals surface area (Å²) in [6.45, 7) is 2.29. The minimum atomic E-state index is -0.805. The van der Waals surface area contributed by atoms with E-state index in [1.165, 1.54) is 0 Å². The molecule has 0 spiro atoms. The van der Waals surface area contributed by atoms with Crippen LogP contribution in [0.25, 0.3) is 0 Å². The number of esters is 1. The Balaban J connectivity index is 1.63. The van der Waals surface area contributed by atoms with Gasteiger partial charge in [-0.25, -0.2) is 0 Å². The average Bonchev–Trinajstić information content (AvgIpc) is 3.23. The van der Waals surface area contributed by atoms with Crippen LogP contribution in [0.1, 0.15) is 36.5 Å². The van der Waals surface area contributed by atoms with Gasteiger partial charge in [0.05, 0.1) is 12.5 Å². The minimum Gasteiger partial charge on any atom is -0.460 e. The average molecular weight is 439 g/mol. The van der Waals surface area contributed by atoms with Crippen molar-refractivity contribution in [3.8, 4) is 0 Å². The minimum absolute atomic E-state index is 0.125. The lowest BCUT2D eigenvalue weighted by Gasteiger charge is -2.36. The van der Waals surface area contributed by atoms with Gasteiger partial charge in [-0.1, -0.05) is 115 Å². The second-order valence-electron chi connectivity index (χ2n) is 8.27. The standard InChI is InChI=1S/C30H30O3/c1-2-3-4-8-15-24-22-28(33-29(24)31)23-32-30(25-16-9-5-10-17-25,26-18-11-6-12-19-26)27-20-13-7-14-21-27/h2-14,16-21,24,28H,15,22-23H2,1H3/b3-2+,8-4+/t24-,28-/m0/s1. The molecule has 4 rings (SSSR count). The summed E-state index contributed by atoms with van der Waals surface area (Å²) in [5, 5.41) is 0. The fourth-order valence-corrected chi connectivity index (χ4v) is 4.44. The highest BCUT2D eigenvalue weighted by Crippen LogP contribution is 2.41. The van der Waals surface area contributed by atoms with Gasteiger partial charge in [0.15, 0.2) is 0 Å². The molecule has 3 aromatic rings. The van der Waals surface area contributed by atoms with Crippen LogP contribution in [0.5, 0.6) is 0 Å². The predicted molar refractivity (Wildman–Crippen MR) is 132 cm³/mol. The lowest BCUT2D eigenvalue weighted by Crippen LogP contribution is -2.35. The first-order valence-electron chi connectivity index (χ1n) is 11.5. The summed E-state index contributed by atoms with van der Waals surface area (Å²) >= 11 is 0. The van der Waals surface area contributed by atoms with E-state index in [4.69, 9.17) is 9.47 Å². The number of hydrogen-bond donors (Lipinski definition) is 0. The van der Waals surface area contributed by atoms with Crippen LogP contribution in [-0.4, -0.2) is 18.7 Å². The zero-order chi connectivity index (χ0) is 22.9. The molecule has 0 radical (unpaired) electrons. The van der Waals surface area contributed by atoms with E-state index in [9.17, 15) is 4.79 Å². The molecule has 0 unspecified atom stereocenters. The first-order valence-corrected chi connectivity index (χ1v) is 11.5. The zero-order valence-corrected chi connectivity index (χ0v) is 19.0. The number of hydrogen-bond acceptors (Lipinski definition) is 3. The number of allylic oxidation sites excluding steroid dienone is 4. The summed E-state index contributed by atoms with van der Waals surface area (Å²) < 4.78 is 12.5. The summed E-state index contributed by atoms with van der Waals surface area (Å²) in [6.07, 6.45) is 9.01. The topological polar surface area (TPSA) is 35.5 Å². The lowest BCUT2D eigenvalue weighted by molar-refractivity contribution is -0.147. The van der Waals surface area contributed by atoms with Gasteiger partial charge in [-0.15, -0.1) is 0 Å². The van der Waals surface area contributed by atoms with Crippen LogP contribution in [0.4, 0.5) is 0 Å². The van der Waals surface area contributed by atoms with Crippen molar-refractivity contribution in [2.75, 3.05) is 6.61 Å². The molecular formula is C30H30O3. The van der Waals surface area contributed by atoms with Crippen LogP contribution < -0.4 is 0 Å². The van der Waals surface area contributed by atoms with Crippen LogP contribution in [0.2, 0.25) is 0 Å². The van der Waals surface area contributed by atoms with Crippen molar-refractivity contribution in [1.82, 2.24) is 0 Å². The lowest BCUT2D eigenvalue weighted by atomic mass is 9.80. The number of ether oxygens (including phenoxy) is 2. The molecule has 3 nitrogen and oxygen atoms in total. The Morgan fingerprint density at radius 2 is 1.36 bits per heavy atom. The molecule has 168 valence electrons. The van der Waals surface area contributed by atoms with Crippen molar-refractivity contribution in [2.24, 2.45) is 5.92 Å². The van der Waals surface area contributed by atoms with Crippen LogP contribution in [0, 0.1) is 5.92 Å². The van der Waals surface area contributed by atoms with Gasteiger partial charge in [0.25, 0.3) is 0 Å². The molecule has 0 bridgehead atoms. The van der Waals surface area contributed by atoms with Crippen LogP contribution in [-0.2, 0) is 19.9 Å². The molecule has 2 atom stereocenters. The van der Waals surface area contributed by atoms with Crippen LogP contribution in [0.3, 0.4) is 0 Å². The Labute approximate surface area is 196 Å². The van der Waals surface area contributed by atoms with Gasteiger partial charge in [-0.3, -0.25) is 4.79 Å². The van der Waals surface area contributed by atoms with E-state index in [1.807, 2.05) is 85.8 Å². The van der Waals surface area contributed by atoms with E-state index in [1.54, 1.807) is 0 Å². The van der Waals surface area contributed by atoms with E-state index in [0.717, 1.165) is 16.7 Å². The van der Waals surface area contributed by atoms with E-state index in [0.29, 0.717) is 19.4 Å². The van der Waals surface area contributed by atoms with Crippen molar-refractivity contribution >= 4 is 5.97 Å². The summed E-state index contributed by atoms with van der Waals surface area (Å²) in [7, 11) is 0. The van der Waals surface area contributed by atoms with Gasteiger partial charge in [-0.05, 0) is 30.0 Å². The maximum Gasteiger partial charge on any atom is 0.309 e. The van der Waals surface area contributed by atoms with E-state index < -0.39 is 5.60 Å². The fourth-order valence-electron chi connectivity index (χ4n) is 4.44. The van der Waals surface area contributed by atoms with Crippen molar-refractivity contribution in [3.05, 3.63) is 132 Å². The number of carbonyl (C=O) groups excluding carboxylic acids is 1. The van der Waals surface area contributed by atoms with Gasteiger partial charge in [0.2, 0.25) is 0 Å². The summed E-state index contributed by atoms with van der Waals surface area (Å²) in [4.78, 5) is 12.5. The molecule has 1 aliphatic rings. The highest BCUT2D eigenvalue weighted by molar-refractivity contribution is 5.74. The summed E-state index contributed by atoms with van der Waals surface area (Å²) in [5.74, 6) is -0.266. The number of rotatable bonds is 9. The molecule has 3 heteroatoms. The zero-order valence-electron chi connectivity index (χ0n) is 19.0. The molecule has 1 saturated heterocycles. The Kier molecular flexibility index (Phi) is 7.54. The number of benzene rings is 3. The van der Waals surface area contributed by atoms with Crippen LogP contribution in [0.15, 0.2) is 115 Å². The van der Waals surface area contributed by atoms with Gasteiger partial charge >= 0.3 is 5.97 Å². The van der Waals surface area contributed by atoms with Crippen molar-refractivity contribution in [2.45, 2.75) is 31.5 Å². The smallest absolute Gasteiger partial charge is 0.309 e.